The topological polar surface area (TPSA) is 96.0 Å². The number of hydrogen-bond donors (Lipinski definition) is 1. The van der Waals surface area contributed by atoms with Crippen molar-refractivity contribution in [2.45, 2.75) is 59.2 Å². The molecular formula is C26H36ClN3O5S. The molecule has 8 nitrogen and oxygen atoms in total. The average Bonchev–Trinajstić information content (AvgIpc) is 2.76. The molecule has 0 saturated carbocycles. The first-order chi connectivity index (χ1) is 16.7. The highest BCUT2D eigenvalue weighted by Gasteiger charge is 2.33. The van der Waals surface area contributed by atoms with Crippen LogP contribution in [-0.4, -0.2) is 56.6 Å². The molecule has 36 heavy (non-hydrogen) atoms. The van der Waals surface area contributed by atoms with E-state index in [0.717, 1.165) is 21.7 Å². The Bertz CT molecular complexity index is 1190. The van der Waals surface area contributed by atoms with Crippen molar-refractivity contribution in [1.82, 2.24) is 10.2 Å². The summed E-state index contributed by atoms with van der Waals surface area (Å²) in [6.07, 6.45) is 1.38. The number of methoxy groups -OCH3 is 1. The summed E-state index contributed by atoms with van der Waals surface area (Å²) in [6, 6.07) is 11.3. The first-order valence-electron chi connectivity index (χ1n) is 11.6. The van der Waals surface area contributed by atoms with Gasteiger partial charge in [0.2, 0.25) is 21.8 Å². The van der Waals surface area contributed by atoms with Crippen molar-refractivity contribution >= 4 is 39.1 Å². The summed E-state index contributed by atoms with van der Waals surface area (Å²) < 4.78 is 31.6. The van der Waals surface area contributed by atoms with Crippen molar-refractivity contribution in [2.75, 3.05) is 24.2 Å². The molecule has 0 radical (unpaired) electrons. The Morgan fingerprint density at radius 1 is 1.14 bits per heavy atom. The van der Waals surface area contributed by atoms with Crippen molar-refractivity contribution in [3.63, 3.8) is 0 Å². The summed E-state index contributed by atoms with van der Waals surface area (Å²) in [7, 11) is -2.41. The predicted octanol–water partition coefficient (Wildman–Crippen LogP) is 4.15. The van der Waals surface area contributed by atoms with Crippen LogP contribution in [0.25, 0.3) is 0 Å². The van der Waals surface area contributed by atoms with Crippen molar-refractivity contribution < 1.29 is 22.7 Å². The molecule has 2 amide bonds. The highest BCUT2D eigenvalue weighted by molar-refractivity contribution is 7.92. The van der Waals surface area contributed by atoms with Crippen molar-refractivity contribution in [1.29, 1.82) is 0 Å². The first-order valence-corrected chi connectivity index (χ1v) is 13.9. The lowest BCUT2D eigenvalue weighted by Gasteiger charge is -2.34. The van der Waals surface area contributed by atoms with Gasteiger partial charge in [-0.1, -0.05) is 42.8 Å². The Balaban J connectivity index is 2.50. The summed E-state index contributed by atoms with van der Waals surface area (Å²) >= 11 is 6.23. The van der Waals surface area contributed by atoms with Gasteiger partial charge < -0.3 is 15.0 Å². The van der Waals surface area contributed by atoms with E-state index in [1.54, 1.807) is 0 Å². The van der Waals surface area contributed by atoms with Crippen LogP contribution in [0.1, 0.15) is 45.2 Å². The SMILES string of the molecule is CC[C@H](C(=O)NC(C)(C)C)N(Cc1ccccc1C)C(=O)CN(c1ccc(OC)c(Cl)c1)S(C)(=O)=O. The maximum absolute atomic E-state index is 13.7. The molecule has 0 spiro atoms. The van der Waals surface area contributed by atoms with Gasteiger partial charge in [0.25, 0.3) is 0 Å². The normalized spacial score (nSPS) is 12.6. The maximum atomic E-state index is 13.7. The summed E-state index contributed by atoms with van der Waals surface area (Å²) in [6.45, 7) is 9.01. The van der Waals surface area contributed by atoms with Crippen LogP contribution >= 0.6 is 11.6 Å². The van der Waals surface area contributed by atoms with Gasteiger partial charge in [-0.3, -0.25) is 13.9 Å². The number of nitrogens with zero attached hydrogens (tertiary/aromatic N) is 2. The minimum Gasteiger partial charge on any atom is -0.495 e. The zero-order valence-corrected chi connectivity index (χ0v) is 23.5. The summed E-state index contributed by atoms with van der Waals surface area (Å²) in [5.41, 5.74) is 1.55. The van der Waals surface area contributed by atoms with Crippen LogP contribution in [0.15, 0.2) is 42.5 Å². The number of halogens is 1. The van der Waals surface area contributed by atoms with E-state index in [1.165, 1.54) is 30.2 Å². The lowest BCUT2D eigenvalue weighted by Crippen LogP contribution is -2.55. The molecule has 0 fully saturated rings. The fraction of sp³-hybridized carbons (Fsp3) is 0.462. The Kier molecular flexibility index (Phi) is 9.79. The van der Waals surface area contributed by atoms with E-state index < -0.39 is 34.1 Å². The maximum Gasteiger partial charge on any atom is 0.244 e. The standard InChI is InChI=1S/C26H36ClN3O5S/c1-8-22(25(32)28-26(3,4)5)29(16-19-12-10-9-11-18(19)2)24(31)17-30(36(7,33)34)20-13-14-23(35-6)21(27)15-20/h9-15,22H,8,16-17H2,1-7H3,(H,28,32)/t22-/m1/s1. The van der Waals surface area contributed by atoms with Gasteiger partial charge >= 0.3 is 0 Å². The number of carbonyl (C=O) groups excluding carboxylic acids is 2. The number of hydrogen-bond acceptors (Lipinski definition) is 5. The Hall–Kier alpha value is -2.78. The molecule has 0 heterocycles. The molecule has 2 aromatic carbocycles. The van der Waals surface area contributed by atoms with Gasteiger partial charge in [-0.15, -0.1) is 0 Å². The van der Waals surface area contributed by atoms with Crippen LogP contribution in [0.4, 0.5) is 5.69 Å². The minimum atomic E-state index is -3.86. The van der Waals surface area contributed by atoms with Gasteiger partial charge in [-0.2, -0.15) is 0 Å². The minimum absolute atomic E-state index is 0.155. The van der Waals surface area contributed by atoms with Gasteiger partial charge in [0.15, 0.2) is 0 Å². The zero-order valence-electron chi connectivity index (χ0n) is 22.0. The molecule has 2 aromatic rings. The van der Waals surface area contributed by atoms with E-state index in [1.807, 2.05) is 58.9 Å². The second-order valence-corrected chi connectivity index (χ2v) is 12.0. The summed E-state index contributed by atoms with van der Waals surface area (Å²) in [5, 5.41) is 3.16. The molecule has 2 rings (SSSR count). The lowest BCUT2D eigenvalue weighted by molar-refractivity contribution is -0.141. The highest BCUT2D eigenvalue weighted by atomic mass is 35.5. The van der Waals surface area contributed by atoms with Gasteiger partial charge in [0.05, 0.1) is 24.1 Å². The van der Waals surface area contributed by atoms with Crippen LogP contribution in [-0.2, 0) is 26.2 Å². The monoisotopic (exact) mass is 537 g/mol. The van der Waals surface area contributed by atoms with E-state index in [-0.39, 0.29) is 23.2 Å². The number of rotatable bonds is 10. The van der Waals surface area contributed by atoms with Crippen LogP contribution in [0.2, 0.25) is 5.02 Å². The highest BCUT2D eigenvalue weighted by Crippen LogP contribution is 2.30. The second kappa shape index (κ2) is 12.0. The fourth-order valence-corrected chi connectivity index (χ4v) is 4.86. The number of aryl methyl sites for hydroxylation is 1. The molecule has 0 bridgehead atoms. The third-order valence-electron chi connectivity index (χ3n) is 5.59. The quantitative estimate of drug-likeness (QED) is 0.491. The lowest BCUT2D eigenvalue weighted by atomic mass is 10.0. The number of sulfonamides is 1. The van der Waals surface area contributed by atoms with E-state index in [2.05, 4.69) is 5.32 Å². The van der Waals surface area contributed by atoms with Crippen molar-refractivity contribution in [2.24, 2.45) is 0 Å². The van der Waals surface area contributed by atoms with Crippen LogP contribution < -0.4 is 14.4 Å². The number of anilines is 1. The summed E-state index contributed by atoms with van der Waals surface area (Å²) in [4.78, 5) is 28.4. The number of ether oxygens (including phenoxy) is 1. The largest absolute Gasteiger partial charge is 0.495 e. The molecule has 10 heteroatoms. The molecule has 0 unspecified atom stereocenters. The smallest absolute Gasteiger partial charge is 0.244 e. The number of nitrogens with one attached hydrogen (secondary N) is 1. The van der Waals surface area contributed by atoms with Crippen molar-refractivity contribution in [3.8, 4) is 5.75 Å². The molecule has 198 valence electrons. The van der Waals surface area contributed by atoms with Gasteiger partial charge in [-0.25, -0.2) is 8.42 Å². The molecule has 0 aliphatic heterocycles. The van der Waals surface area contributed by atoms with E-state index in [9.17, 15) is 18.0 Å². The third kappa shape index (κ3) is 7.86. The van der Waals surface area contributed by atoms with Gasteiger partial charge in [0.1, 0.15) is 18.3 Å². The molecule has 0 aromatic heterocycles. The zero-order chi connectivity index (χ0) is 27.3. The van der Waals surface area contributed by atoms with E-state index >= 15 is 0 Å². The fourth-order valence-electron chi connectivity index (χ4n) is 3.77. The molecule has 1 N–H and O–H groups in total. The van der Waals surface area contributed by atoms with Crippen LogP contribution in [0.5, 0.6) is 5.75 Å². The van der Waals surface area contributed by atoms with E-state index in [4.69, 9.17) is 16.3 Å². The third-order valence-corrected chi connectivity index (χ3v) is 7.02. The first kappa shape index (κ1) is 29.5. The second-order valence-electron chi connectivity index (χ2n) is 9.70. The Morgan fingerprint density at radius 2 is 1.78 bits per heavy atom. The molecule has 0 saturated heterocycles. The van der Waals surface area contributed by atoms with Gasteiger partial charge in [0, 0.05) is 12.1 Å². The molecular weight excluding hydrogens is 502 g/mol. The molecule has 1 atom stereocenters. The number of carbonyl (C=O) groups is 2. The Labute approximate surface area is 219 Å². The predicted molar refractivity (Wildman–Crippen MR) is 144 cm³/mol. The average molecular weight is 538 g/mol. The van der Waals surface area contributed by atoms with Crippen LogP contribution in [0.3, 0.4) is 0 Å². The van der Waals surface area contributed by atoms with Crippen molar-refractivity contribution in [3.05, 3.63) is 58.6 Å². The molecule has 0 aliphatic rings. The Morgan fingerprint density at radius 3 is 2.28 bits per heavy atom. The summed E-state index contributed by atoms with van der Waals surface area (Å²) in [5.74, 6) is -0.428. The van der Waals surface area contributed by atoms with Gasteiger partial charge in [-0.05, 0) is 63.4 Å². The van der Waals surface area contributed by atoms with Crippen LogP contribution in [0, 0.1) is 6.92 Å². The van der Waals surface area contributed by atoms with E-state index in [0.29, 0.717) is 12.2 Å². The number of benzene rings is 2. The number of amides is 2. The molecule has 0 aliphatic carbocycles.